The molecule has 2 aromatic rings. The van der Waals surface area contributed by atoms with Crippen LogP contribution in [-0.4, -0.2) is 35.9 Å². The SMILES string of the molecule is Cc1ncc(COP(=O)(O)O)c(/C=N/C(C)(c2ccccc2)P(=O)(O)O)c1O. The second-order valence-electron chi connectivity index (χ2n) is 6.08. The molecule has 1 atom stereocenters. The number of hydrogen-bond acceptors (Lipinski definition) is 6. The summed E-state index contributed by atoms with van der Waals surface area (Å²) in [5, 5.41) is 8.34. The highest BCUT2D eigenvalue weighted by Gasteiger charge is 2.43. The third-order valence-corrected chi connectivity index (χ3v) is 6.05. The lowest BCUT2D eigenvalue weighted by molar-refractivity contribution is 0.188. The maximum atomic E-state index is 12.1. The summed E-state index contributed by atoms with van der Waals surface area (Å²) < 4.78 is 27.5. The van der Waals surface area contributed by atoms with Gasteiger partial charge in [0.1, 0.15) is 5.75 Å². The quantitative estimate of drug-likeness (QED) is 0.326. The van der Waals surface area contributed by atoms with E-state index in [0.29, 0.717) is 0 Å². The number of phosphoric acid groups is 1. The molecule has 1 heterocycles. The van der Waals surface area contributed by atoms with Gasteiger partial charge in [0, 0.05) is 23.5 Å². The molecule has 0 spiro atoms. The van der Waals surface area contributed by atoms with Crippen LogP contribution in [0, 0.1) is 6.92 Å². The summed E-state index contributed by atoms with van der Waals surface area (Å²) in [5.74, 6) is -0.350. The van der Waals surface area contributed by atoms with Crippen LogP contribution in [0.1, 0.15) is 29.3 Å². The van der Waals surface area contributed by atoms with Crippen LogP contribution in [0.5, 0.6) is 5.75 Å². The van der Waals surface area contributed by atoms with Crippen LogP contribution in [0.4, 0.5) is 0 Å². The van der Waals surface area contributed by atoms with Crippen LogP contribution in [0.3, 0.4) is 0 Å². The van der Waals surface area contributed by atoms with Gasteiger partial charge in [-0.15, -0.1) is 0 Å². The van der Waals surface area contributed by atoms with Crippen LogP contribution in [-0.2, 0) is 25.5 Å². The van der Waals surface area contributed by atoms with E-state index in [9.17, 15) is 24.0 Å². The molecular formula is C16H20N2O8P2. The van der Waals surface area contributed by atoms with Gasteiger partial charge in [-0.05, 0) is 19.4 Å². The van der Waals surface area contributed by atoms with Gasteiger partial charge in [0.15, 0.2) is 5.28 Å². The Morgan fingerprint density at radius 1 is 1.18 bits per heavy atom. The lowest BCUT2D eigenvalue weighted by Crippen LogP contribution is -2.20. The van der Waals surface area contributed by atoms with Crippen LogP contribution in [0.15, 0.2) is 41.5 Å². The van der Waals surface area contributed by atoms with Gasteiger partial charge >= 0.3 is 15.4 Å². The first-order valence-corrected chi connectivity index (χ1v) is 11.0. The van der Waals surface area contributed by atoms with Gasteiger partial charge in [0.2, 0.25) is 0 Å². The second-order valence-corrected chi connectivity index (χ2v) is 9.28. The normalized spacial score (nSPS) is 14.9. The van der Waals surface area contributed by atoms with E-state index in [1.54, 1.807) is 18.2 Å². The molecule has 0 radical (unpaired) electrons. The van der Waals surface area contributed by atoms with Gasteiger partial charge in [-0.25, -0.2) is 4.57 Å². The molecule has 10 nitrogen and oxygen atoms in total. The first-order valence-electron chi connectivity index (χ1n) is 7.89. The van der Waals surface area contributed by atoms with Crippen molar-refractivity contribution in [1.29, 1.82) is 0 Å². The second kappa shape index (κ2) is 8.23. The number of rotatable bonds is 7. The van der Waals surface area contributed by atoms with Crippen LogP contribution >= 0.6 is 15.4 Å². The standard InChI is InChI=1S/C16H20N2O8P2/c1-11-15(19)14(12(8-17-11)10-26-28(23,24)25)9-18-16(2,27(20,21)22)13-6-4-3-5-7-13/h3-9,19H,10H2,1-2H3,(H2,20,21,22)(H2,23,24,25)/b18-9+. The molecule has 1 aromatic heterocycles. The van der Waals surface area contributed by atoms with Crippen LogP contribution in [0.25, 0.3) is 0 Å². The van der Waals surface area contributed by atoms with Crippen molar-refractivity contribution in [2.24, 2.45) is 4.99 Å². The molecule has 0 fully saturated rings. The zero-order chi connectivity index (χ0) is 21.2. The molecule has 2 rings (SSSR count). The van der Waals surface area contributed by atoms with E-state index >= 15 is 0 Å². The van der Waals surface area contributed by atoms with Crippen molar-refractivity contribution in [3.05, 3.63) is 58.9 Å². The Bertz CT molecular complexity index is 970. The monoisotopic (exact) mass is 430 g/mol. The number of aromatic hydroxyl groups is 1. The highest BCUT2D eigenvalue weighted by molar-refractivity contribution is 7.53. The minimum Gasteiger partial charge on any atom is -0.505 e. The first kappa shape index (κ1) is 22.4. The van der Waals surface area contributed by atoms with Gasteiger partial charge in [0.05, 0.1) is 12.3 Å². The minimum atomic E-state index is -4.78. The largest absolute Gasteiger partial charge is 0.505 e. The fraction of sp³-hybridized carbons (Fsp3) is 0.250. The zero-order valence-electron chi connectivity index (χ0n) is 15.0. The van der Waals surface area contributed by atoms with Gasteiger partial charge in [-0.3, -0.25) is 19.1 Å². The van der Waals surface area contributed by atoms with Crippen molar-refractivity contribution in [2.45, 2.75) is 25.7 Å². The van der Waals surface area contributed by atoms with E-state index in [0.717, 1.165) is 6.21 Å². The van der Waals surface area contributed by atoms with E-state index in [-0.39, 0.29) is 28.1 Å². The van der Waals surface area contributed by atoms with Crippen molar-refractivity contribution >= 4 is 21.6 Å². The van der Waals surface area contributed by atoms with Gasteiger partial charge < -0.3 is 24.7 Å². The topological polar surface area (TPSA) is 170 Å². The Hall–Kier alpha value is -1.90. The van der Waals surface area contributed by atoms with Crippen molar-refractivity contribution < 1.29 is 38.3 Å². The number of pyridine rings is 1. The van der Waals surface area contributed by atoms with Gasteiger partial charge in [0.25, 0.3) is 0 Å². The molecule has 1 unspecified atom stereocenters. The summed E-state index contributed by atoms with van der Waals surface area (Å²) in [6.07, 6.45) is 2.26. The number of benzene rings is 1. The summed E-state index contributed by atoms with van der Waals surface area (Å²) >= 11 is 0. The highest BCUT2D eigenvalue weighted by atomic mass is 31.2. The maximum absolute atomic E-state index is 12.1. The molecule has 0 aliphatic heterocycles. The fourth-order valence-corrected chi connectivity index (χ4v) is 3.33. The molecular weight excluding hydrogens is 410 g/mol. The average molecular weight is 430 g/mol. The number of hydrogen-bond donors (Lipinski definition) is 5. The third-order valence-electron chi connectivity index (χ3n) is 4.08. The Morgan fingerprint density at radius 2 is 1.79 bits per heavy atom. The van der Waals surface area contributed by atoms with E-state index in [1.807, 2.05) is 0 Å². The van der Waals surface area contributed by atoms with E-state index in [4.69, 9.17) is 9.79 Å². The molecule has 28 heavy (non-hydrogen) atoms. The molecule has 0 saturated carbocycles. The predicted molar refractivity (Wildman–Crippen MR) is 101 cm³/mol. The Morgan fingerprint density at radius 3 is 2.32 bits per heavy atom. The molecule has 0 amide bonds. The number of aromatic nitrogens is 1. The molecule has 5 N–H and O–H groups in total. The van der Waals surface area contributed by atoms with Crippen LogP contribution in [0.2, 0.25) is 0 Å². The summed E-state index contributed by atoms with van der Waals surface area (Å²) in [7, 11) is -9.56. The molecule has 0 aliphatic rings. The maximum Gasteiger partial charge on any atom is 0.469 e. The number of phosphoric ester groups is 1. The summed E-state index contributed by atoms with van der Waals surface area (Å²) in [5.41, 5.74) is 0.504. The first-order chi connectivity index (χ1) is 12.8. The third kappa shape index (κ3) is 5.12. The Balaban J connectivity index is 2.55. The van der Waals surface area contributed by atoms with Crippen molar-refractivity contribution in [3.63, 3.8) is 0 Å². The molecule has 0 saturated heterocycles. The van der Waals surface area contributed by atoms with E-state index < -0.39 is 27.3 Å². The lowest BCUT2D eigenvalue weighted by atomic mass is 10.1. The van der Waals surface area contributed by atoms with Crippen molar-refractivity contribution in [2.75, 3.05) is 0 Å². The predicted octanol–water partition coefficient (Wildman–Crippen LogP) is 2.17. The summed E-state index contributed by atoms with van der Waals surface area (Å²) in [4.78, 5) is 45.4. The number of nitrogens with zero attached hydrogens (tertiary/aromatic N) is 2. The Kier molecular flexibility index (Phi) is 6.58. The van der Waals surface area contributed by atoms with E-state index in [1.165, 1.54) is 32.2 Å². The molecule has 0 aliphatic carbocycles. The highest BCUT2D eigenvalue weighted by Crippen LogP contribution is 2.57. The number of aliphatic imine (C=N–C) groups is 1. The van der Waals surface area contributed by atoms with Gasteiger partial charge in [-0.2, -0.15) is 0 Å². The van der Waals surface area contributed by atoms with Gasteiger partial charge in [-0.1, -0.05) is 30.3 Å². The smallest absolute Gasteiger partial charge is 0.469 e. The molecule has 1 aromatic carbocycles. The Labute approximate surface area is 161 Å². The lowest BCUT2D eigenvalue weighted by Gasteiger charge is -2.26. The summed E-state index contributed by atoms with van der Waals surface area (Å²) in [6.45, 7) is 2.14. The molecule has 152 valence electrons. The average Bonchev–Trinajstić information content (AvgIpc) is 2.60. The van der Waals surface area contributed by atoms with Crippen molar-refractivity contribution in [3.8, 4) is 5.75 Å². The molecule has 12 heteroatoms. The minimum absolute atomic E-state index is 0.0171. The zero-order valence-corrected chi connectivity index (χ0v) is 16.8. The summed E-state index contributed by atoms with van der Waals surface area (Å²) in [6, 6.07) is 7.90. The van der Waals surface area contributed by atoms with Crippen molar-refractivity contribution in [1.82, 2.24) is 4.98 Å². The fourth-order valence-electron chi connectivity index (χ4n) is 2.33. The van der Waals surface area contributed by atoms with Crippen LogP contribution < -0.4 is 0 Å². The molecule has 0 bridgehead atoms. The number of aryl methyl sites for hydroxylation is 1. The van der Waals surface area contributed by atoms with E-state index in [2.05, 4.69) is 14.5 Å².